The molecule has 1 aromatic heterocycles. The summed E-state index contributed by atoms with van der Waals surface area (Å²) in [4.78, 5) is 21.3. The summed E-state index contributed by atoms with van der Waals surface area (Å²) in [6.07, 6.45) is 3.00. The Morgan fingerprint density at radius 3 is 2.86 bits per heavy atom. The van der Waals surface area contributed by atoms with E-state index < -0.39 is 0 Å². The number of aliphatic hydroxyl groups excluding tert-OH is 1. The number of rotatable bonds is 4. The second kappa shape index (κ2) is 6.97. The van der Waals surface area contributed by atoms with Crippen molar-refractivity contribution in [3.05, 3.63) is 52.4 Å². The van der Waals surface area contributed by atoms with Gasteiger partial charge in [0.15, 0.2) is 5.78 Å². The number of ketones is 1. The number of aromatic nitrogens is 1. The van der Waals surface area contributed by atoms with Crippen LogP contribution in [0.15, 0.2) is 46.2 Å². The smallest absolute Gasteiger partial charge is 0.166 e. The van der Waals surface area contributed by atoms with Gasteiger partial charge in [-0.1, -0.05) is 13.8 Å². The summed E-state index contributed by atoms with van der Waals surface area (Å²) in [5.74, 6) is 0.828. The van der Waals surface area contributed by atoms with Crippen LogP contribution in [0.25, 0.3) is 10.9 Å². The van der Waals surface area contributed by atoms with Gasteiger partial charge < -0.3 is 14.8 Å². The van der Waals surface area contributed by atoms with Crippen molar-refractivity contribution in [1.82, 2.24) is 4.98 Å². The van der Waals surface area contributed by atoms with Gasteiger partial charge >= 0.3 is 0 Å². The number of Topliss-reactive ketones (excluding diaryl/α,β-unsaturated/α-hetero) is 1. The van der Waals surface area contributed by atoms with Gasteiger partial charge in [-0.3, -0.25) is 9.79 Å². The van der Waals surface area contributed by atoms with Crippen molar-refractivity contribution in [2.45, 2.75) is 33.6 Å². The molecule has 4 rings (SSSR count). The van der Waals surface area contributed by atoms with Crippen LogP contribution < -0.4 is 4.74 Å². The number of aromatic amines is 1. The van der Waals surface area contributed by atoms with Crippen LogP contribution in [0.5, 0.6) is 5.75 Å². The summed E-state index contributed by atoms with van der Waals surface area (Å²) in [5.41, 5.74) is 5.60. The minimum atomic E-state index is -0.368. The average Bonchev–Trinajstić information content (AvgIpc) is 3.06. The molecule has 1 aliphatic carbocycles. The number of nitrogens with zero attached hydrogens (tertiary/aromatic N) is 1. The third-order valence-corrected chi connectivity index (χ3v) is 5.91. The molecular weight excluding hydrogens is 352 g/mol. The largest absolute Gasteiger partial charge is 0.508 e. The minimum absolute atomic E-state index is 0.0784. The molecule has 0 spiro atoms. The van der Waals surface area contributed by atoms with Gasteiger partial charge in [-0.25, -0.2) is 0 Å². The molecule has 1 atom stereocenters. The normalized spacial score (nSPS) is 19.8. The van der Waals surface area contributed by atoms with E-state index in [1.54, 1.807) is 13.2 Å². The number of ether oxygens (including phenoxy) is 1. The van der Waals surface area contributed by atoms with E-state index in [0.29, 0.717) is 18.5 Å². The highest BCUT2D eigenvalue weighted by Crippen LogP contribution is 2.35. The quantitative estimate of drug-likeness (QED) is 0.821. The number of aliphatic imine (C=N–C) groups is 1. The maximum Gasteiger partial charge on any atom is 0.166 e. The summed E-state index contributed by atoms with van der Waals surface area (Å²) in [6.45, 7) is 6.52. The monoisotopic (exact) mass is 378 g/mol. The van der Waals surface area contributed by atoms with E-state index in [0.717, 1.165) is 34.7 Å². The fourth-order valence-corrected chi connectivity index (χ4v) is 4.21. The topological polar surface area (TPSA) is 74.7 Å². The van der Waals surface area contributed by atoms with Crippen LogP contribution >= 0.6 is 0 Å². The zero-order chi connectivity index (χ0) is 20.0. The Bertz CT molecular complexity index is 1050. The van der Waals surface area contributed by atoms with Crippen LogP contribution in [0, 0.1) is 11.8 Å². The van der Waals surface area contributed by atoms with Crippen molar-refractivity contribution in [3.8, 4) is 5.75 Å². The Morgan fingerprint density at radius 2 is 2.14 bits per heavy atom. The zero-order valence-corrected chi connectivity index (χ0v) is 16.8. The lowest BCUT2D eigenvalue weighted by Crippen LogP contribution is -2.28. The van der Waals surface area contributed by atoms with Gasteiger partial charge in [-0.15, -0.1) is 0 Å². The molecule has 2 aromatic rings. The summed E-state index contributed by atoms with van der Waals surface area (Å²) in [5, 5.41) is 11.5. The standard InChI is InChI=1S/C23H26N2O3/c1-12(2)17-11-21(26)13(3)18(23(17)27)10-20-22-16(7-8-24-20)15-6-5-14(28-4)9-19(15)25-22/h5-6,9,11-12,18,25-26H,7-8,10H2,1-4H3. The molecule has 1 aliphatic heterocycles. The number of nitrogens with one attached hydrogen (secondary N) is 1. The second-order valence-corrected chi connectivity index (χ2v) is 7.91. The van der Waals surface area contributed by atoms with Crippen molar-refractivity contribution in [1.29, 1.82) is 0 Å². The van der Waals surface area contributed by atoms with Gasteiger partial charge in [0.2, 0.25) is 0 Å². The fourth-order valence-electron chi connectivity index (χ4n) is 4.21. The molecule has 28 heavy (non-hydrogen) atoms. The van der Waals surface area contributed by atoms with Gasteiger partial charge in [0.25, 0.3) is 0 Å². The Labute approximate surface area is 164 Å². The number of H-pyrrole nitrogens is 1. The molecular formula is C23H26N2O3. The van der Waals surface area contributed by atoms with E-state index in [1.807, 2.05) is 32.9 Å². The molecule has 5 heteroatoms. The minimum Gasteiger partial charge on any atom is -0.508 e. The first-order chi connectivity index (χ1) is 13.4. The third kappa shape index (κ3) is 2.95. The number of carbonyl (C=O) groups is 1. The molecule has 0 bridgehead atoms. The Balaban J connectivity index is 1.71. The number of allylic oxidation sites excluding steroid dienone is 3. The van der Waals surface area contributed by atoms with Crippen LogP contribution in [-0.2, 0) is 11.2 Å². The molecule has 2 heterocycles. The number of methoxy groups -OCH3 is 1. The van der Waals surface area contributed by atoms with Crippen molar-refractivity contribution < 1.29 is 14.6 Å². The molecule has 0 saturated carbocycles. The van der Waals surface area contributed by atoms with Crippen molar-refractivity contribution in [3.63, 3.8) is 0 Å². The van der Waals surface area contributed by atoms with Gasteiger partial charge in [-0.2, -0.15) is 0 Å². The fraction of sp³-hybridized carbons (Fsp3) is 0.391. The highest BCUT2D eigenvalue weighted by molar-refractivity contribution is 6.10. The van der Waals surface area contributed by atoms with Gasteiger partial charge in [0.05, 0.1) is 24.4 Å². The van der Waals surface area contributed by atoms with Gasteiger partial charge in [0.1, 0.15) is 11.5 Å². The molecule has 1 aromatic carbocycles. The lowest BCUT2D eigenvalue weighted by Gasteiger charge is -2.26. The predicted molar refractivity (Wildman–Crippen MR) is 111 cm³/mol. The van der Waals surface area contributed by atoms with Crippen molar-refractivity contribution >= 4 is 22.4 Å². The number of carbonyl (C=O) groups excluding carboxylic acids is 1. The zero-order valence-electron chi connectivity index (χ0n) is 16.8. The number of aliphatic hydroxyl groups is 1. The first-order valence-corrected chi connectivity index (χ1v) is 9.78. The van der Waals surface area contributed by atoms with Crippen LogP contribution in [0.2, 0.25) is 0 Å². The van der Waals surface area contributed by atoms with Gasteiger partial charge in [-0.05, 0) is 48.6 Å². The summed E-state index contributed by atoms with van der Waals surface area (Å²) >= 11 is 0. The number of fused-ring (bicyclic) bond motifs is 3. The molecule has 1 unspecified atom stereocenters. The van der Waals surface area contributed by atoms with E-state index in [9.17, 15) is 9.90 Å². The maximum absolute atomic E-state index is 13.1. The predicted octanol–water partition coefficient (Wildman–Crippen LogP) is 4.53. The Morgan fingerprint density at radius 1 is 1.36 bits per heavy atom. The second-order valence-electron chi connectivity index (χ2n) is 7.91. The number of hydrogen-bond acceptors (Lipinski definition) is 4. The first-order valence-electron chi connectivity index (χ1n) is 9.78. The summed E-state index contributed by atoms with van der Waals surface area (Å²) < 4.78 is 5.34. The number of hydrogen-bond donors (Lipinski definition) is 2. The lowest BCUT2D eigenvalue weighted by atomic mass is 9.78. The van der Waals surface area contributed by atoms with Crippen molar-refractivity contribution in [2.75, 3.05) is 13.7 Å². The van der Waals surface area contributed by atoms with Crippen LogP contribution in [0.1, 0.15) is 38.4 Å². The highest BCUT2D eigenvalue weighted by Gasteiger charge is 2.33. The summed E-state index contributed by atoms with van der Waals surface area (Å²) in [6, 6.07) is 6.04. The molecule has 0 radical (unpaired) electrons. The average molecular weight is 378 g/mol. The Hall–Kier alpha value is -2.82. The summed E-state index contributed by atoms with van der Waals surface area (Å²) in [7, 11) is 1.66. The van der Waals surface area contributed by atoms with Crippen LogP contribution in [-0.4, -0.2) is 35.2 Å². The highest BCUT2D eigenvalue weighted by atomic mass is 16.5. The first kappa shape index (κ1) is 18.5. The molecule has 0 amide bonds. The van der Waals surface area contributed by atoms with Crippen LogP contribution in [0.3, 0.4) is 0 Å². The SMILES string of the molecule is COc1ccc2c3c([nH]c2c1)C(CC1C(=O)C(C(C)C)=CC(O)=C1C)=NCC3. The Kier molecular flexibility index (Phi) is 4.61. The molecule has 146 valence electrons. The molecule has 2 aliphatic rings. The van der Waals surface area contributed by atoms with E-state index >= 15 is 0 Å². The van der Waals surface area contributed by atoms with Crippen molar-refractivity contribution in [2.24, 2.45) is 16.8 Å². The lowest BCUT2D eigenvalue weighted by molar-refractivity contribution is -0.118. The number of benzene rings is 1. The van der Waals surface area contributed by atoms with Gasteiger partial charge in [0, 0.05) is 35.5 Å². The van der Waals surface area contributed by atoms with E-state index in [2.05, 4.69) is 11.1 Å². The van der Waals surface area contributed by atoms with E-state index in [1.165, 1.54) is 10.9 Å². The van der Waals surface area contributed by atoms with E-state index in [4.69, 9.17) is 9.73 Å². The van der Waals surface area contributed by atoms with E-state index in [-0.39, 0.29) is 23.4 Å². The molecule has 5 nitrogen and oxygen atoms in total. The maximum atomic E-state index is 13.1. The van der Waals surface area contributed by atoms with Crippen LogP contribution in [0.4, 0.5) is 0 Å². The molecule has 0 saturated heterocycles. The molecule has 2 N–H and O–H groups in total. The molecule has 0 fully saturated rings. The third-order valence-electron chi connectivity index (χ3n) is 5.91.